The minimum Gasteiger partial charge on any atom is -0.209 e. The summed E-state index contributed by atoms with van der Waals surface area (Å²) >= 11 is 16.4. The maximum absolute atomic E-state index is 11.9. The number of alkyl halides is 6. The van der Waals surface area contributed by atoms with Crippen molar-refractivity contribution in [1.82, 2.24) is 0 Å². The first-order chi connectivity index (χ1) is 7.50. The van der Waals surface area contributed by atoms with E-state index >= 15 is 0 Å². The van der Waals surface area contributed by atoms with Crippen molar-refractivity contribution in [2.24, 2.45) is 0 Å². The first-order valence-electron chi connectivity index (χ1n) is 3.38. The molecule has 0 radical (unpaired) electrons. The van der Waals surface area contributed by atoms with Crippen molar-refractivity contribution in [3.8, 4) is 0 Å². The number of hydrogen-bond acceptors (Lipinski definition) is 6. The minimum absolute atomic E-state index is 1.97. The van der Waals surface area contributed by atoms with E-state index in [1.165, 1.54) is 0 Å². The predicted molar refractivity (Wildman–Crippen MR) is 88.5 cm³/mol. The molecule has 0 saturated carbocycles. The maximum Gasteiger partial charge on any atom is 0.362 e. The van der Waals surface area contributed by atoms with E-state index in [1.54, 1.807) is 0 Å². The molecule has 1 rings (SSSR count). The van der Waals surface area contributed by atoms with Crippen molar-refractivity contribution in [2.45, 2.75) is 8.36 Å². The topological polar surface area (TPSA) is 102 Å². The van der Waals surface area contributed by atoms with Crippen LogP contribution >= 0.6 is 95.6 Å². The van der Waals surface area contributed by atoms with E-state index in [2.05, 4.69) is 95.6 Å². The van der Waals surface area contributed by atoms with E-state index in [1.807, 2.05) is 0 Å². The predicted octanol–water partition coefficient (Wildman–Crippen LogP) is 2.45. The van der Waals surface area contributed by atoms with Crippen LogP contribution in [0.25, 0.3) is 0 Å². The molecule has 108 valence electrons. The summed E-state index contributed by atoms with van der Waals surface area (Å²) in [6.07, 6.45) is 0. The summed E-state index contributed by atoms with van der Waals surface area (Å²) in [6.45, 7) is 0. The first kappa shape index (κ1) is 18.8. The highest BCUT2D eigenvalue weighted by molar-refractivity contribution is 9.38. The Labute approximate surface area is 152 Å². The van der Waals surface area contributed by atoms with Crippen LogP contribution in [0, 0.1) is 0 Å². The van der Waals surface area contributed by atoms with Gasteiger partial charge in [0.25, 0.3) is 17.7 Å². The summed E-state index contributed by atoms with van der Waals surface area (Å²) in [4.78, 5) is 0. The zero-order valence-corrected chi connectivity index (χ0v) is 19.4. The lowest BCUT2D eigenvalue weighted by atomic mass is 10.5. The van der Waals surface area contributed by atoms with Crippen LogP contribution in [0.15, 0.2) is 0 Å². The Balaban J connectivity index is 4.10. The third-order valence-corrected chi connectivity index (χ3v) is 30.5. The molecule has 0 bridgehead atoms. The molecule has 0 aromatic heterocycles. The van der Waals surface area contributed by atoms with Gasteiger partial charge in [-0.05, 0) is 0 Å². The Morgan fingerprint density at radius 2 is 0.778 bits per heavy atom. The van der Waals surface area contributed by atoms with Crippen LogP contribution in [0.1, 0.15) is 0 Å². The molecule has 0 atom stereocenters. The standard InChI is InChI=1S/C3Br6O6S3/c4-1(5)2(6,7)16(10,11)18(14,15)17(12,13)3(1,8)9. The second-order valence-corrected chi connectivity index (χ2v) is 25.1. The summed E-state index contributed by atoms with van der Waals surface area (Å²) in [7, 11) is -15.9. The summed E-state index contributed by atoms with van der Waals surface area (Å²) in [6, 6.07) is 0. The fourth-order valence-electron chi connectivity index (χ4n) is 0.858. The van der Waals surface area contributed by atoms with Crippen LogP contribution in [0.4, 0.5) is 0 Å². The molecule has 0 spiro atoms. The number of halogens is 6. The Morgan fingerprint density at radius 1 is 0.556 bits per heavy atom. The lowest BCUT2D eigenvalue weighted by Gasteiger charge is -2.44. The SMILES string of the molecule is O=S1(=O)C(Br)(Br)C(Br)(Br)C(Br)(Br)S(=O)(=O)S1(=O)=O. The largest absolute Gasteiger partial charge is 0.362 e. The molecular weight excluding hydrogens is 708 g/mol. The maximum atomic E-state index is 11.9. The highest BCUT2D eigenvalue weighted by Crippen LogP contribution is 2.69. The third-order valence-electron chi connectivity index (χ3n) is 1.90. The summed E-state index contributed by atoms with van der Waals surface area (Å²) in [5.74, 6) is 0. The lowest BCUT2D eigenvalue weighted by Crippen LogP contribution is -2.63. The van der Waals surface area contributed by atoms with Crippen LogP contribution in [0.5, 0.6) is 0 Å². The van der Waals surface area contributed by atoms with Crippen LogP contribution in [0.2, 0.25) is 0 Å². The molecule has 0 aromatic carbocycles. The molecule has 1 heterocycles. The molecular formula is C3Br6O6S3. The number of hydrogen-bond donors (Lipinski definition) is 0. The van der Waals surface area contributed by atoms with Crippen molar-refractivity contribution < 1.29 is 25.3 Å². The van der Waals surface area contributed by atoms with Crippen molar-refractivity contribution in [3.63, 3.8) is 0 Å². The van der Waals surface area contributed by atoms with Gasteiger partial charge in [0.15, 0.2) is 3.23 Å². The average Bonchev–Trinajstić information content (AvgIpc) is 2.14. The van der Waals surface area contributed by atoms with Crippen molar-refractivity contribution in [3.05, 3.63) is 0 Å². The van der Waals surface area contributed by atoms with Gasteiger partial charge >= 0.3 is 7.90 Å². The fourth-order valence-corrected chi connectivity index (χ4v) is 25.6. The lowest BCUT2D eigenvalue weighted by molar-refractivity contribution is 0.566. The molecule has 1 fully saturated rings. The zero-order chi connectivity index (χ0) is 15.0. The van der Waals surface area contributed by atoms with E-state index in [0.717, 1.165) is 0 Å². The van der Waals surface area contributed by atoms with Gasteiger partial charge < -0.3 is 0 Å². The van der Waals surface area contributed by atoms with E-state index in [9.17, 15) is 25.3 Å². The molecule has 6 nitrogen and oxygen atoms in total. The number of rotatable bonds is 0. The van der Waals surface area contributed by atoms with Crippen LogP contribution in [-0.2, 0) is 25.6 Å². The summed E-state index contributed by atoms with van der Waals surface area (Å²) in [5, 5.41) is 0. The molecule has 15 heteroatoms. The van der Waals surface area contributed by atoms with Gasteiger partial charge in [0.2, 0.25) is 5.13 Å². The molecule has 1 aliphatic heterocycles. The van der Waals surface area contributed by atoms with Gasteiger partial charge in [-0.2, -0.15) is 8.42 Å². The normalized spacial score (nSPS) is 33.7. The molecule has 1 saturated heterocycles. The van der Waals surface area contributed by atoms with Gasteiger partial charge in [-0.3, -0.25) is 0 Å². The second kappa shape index (κ2) is 4.61. The van der Waals surface area contributed by atoms with Crippen molar-refractivity contribution in [2.75, 3.05) is 0 Å². The highest BCUT2D eigenvalue weighted by Gasteiger charge is 2.80. The Kier molecular flexibility index (Phi) is 4.81. The molecule has 0 aromatic rings. The van der Waals surface area contributed by atoms with Gasteiger partial charge in [0.05, 0.1) is 0 Å². The Bertz CT molecular complexity index is 644. The van der Waals surface area contributed by atoms with Gasteiger partial charge in [-0.25, -0.2) is 16.8 Å². The summed E-state index contributed by atoms with van der Waals surface area (Å²) in [5.41, 5.74) is 0. The van der Waals surface area contributed by atoms with Crippen LogP contribution in [-0.4, -0.2) is 33.6 Å². The zero-order valence-electron chi connectivity index (χ0n) is 7.44. The second-order valence-electron chi connectivity index (χ2n) is 2.92. The smallest absolute Gasteiger partial charge is 0.209 e. The molecule has 0 amide bonds. The molecule has 0 unspecified atom stereocenters. The average molecular weight is 708 g/mol. The monoisotopic (exact) mass is 701 g/mol. The van der Waals surface area contributed by atoms with E-state index in [0.29, 0.717) is 0 Å². The van der Waals surface area contributed by atoms with Crippen molar-refractivity contribution in [1.29, 1.82) is 0 Å². The molecule has 1 aliphatic rings. The summed E-state index contributed by atoms with van der Waals surface area (Å²) < 4.78 is 64.5. The minimum atomic E-state index is -5.53. The molecule has 0 N–H and O–H groups in total. The van der Waals surface area contributed by atoms with Crippen molar-refractivity contribution >= 4 is 121 Å². The Morgan fingerprint density at radius 3 is 1.00 bits per heavy atom. The highest BCUT2D eigenvalue weighted by atomic mass is 79.9. The Hall–Kier alpha value is 2.73. The van der Waals surface area contributed by atoms with Gasteiger partial charge in [0, 0.05) is 0 Å². The first-order valence-corrected chi connectivity index (χ1v) is 13.6. The fraction of sp³-hybridized carbons (Fsp3) is 1.00. The molecule has 0 aliphatic carbocycles. The van der Waals surface area contributed by atoms with Gasteiger partial charge in [-0.15, -0.1) is 0 Å². The quantitative estimate of drug-likeness (QED) is 0.284. The van der Waals surface area contributed by atoms with E-state index < -0.39 is 34.0 Å². The van der Waals surface area contributed by atoms with Crippen LogP contribution < -0.4 is 0 Å². The van der Waals surface area contributed by atoms with E-state index in [4.69, 9.17) is 0 Å². The van der Waals surface area contributed by atoms with Gasteiger partial charge in [0.1, 0.15) is 0 Å². The molecule has 18 heavy (non-hydrogen) atoms. The van der Waals surface area contributed by atoms with Crippen LogP contribution in [0.3, 0.4) is 0 Å². The third kappa shape index (κ3) is 1.83. The van der Waals surface area contributed by atoms with E-state index in [-0.39, 0.29) is 0 Å². The van der Waals surface area contributed by atoms with Gasteiger partial charge in [-0.1, -0.05) is 95.6 Å².